The van der Waals surface area contributed by atoms with E-state index in [2.05, 4.69) is 71.6 Å². The molecule has 4 atom stereocenters. The van der Waals surface area contributed by atoms with Gasteiger partial charge in [0, 0.05) is 31.0 Å². The highest BCUT2D eigenvalue weighted by atomic mass is 28.4. The molecule has 0 unspecified atom stereocenters. The smallest absolute Gasteiger partial charge is 0.416 e. The molecule has 4 aliphatic heterocycles. The highest BCUT2D eigenvalue weighted by Crippen LogP contribution is 2.46. The summed E-state index contributed by atoms with van der Waals surface area (Å²) in [5.74, 6) is 0.999. The van der Waals surface area contributed by atoms with Gasteiger partial charge in [0.25, 0.3) is 11.8 Å². The summed E-state index contributed by atoms with van der Waals surface area (Å²) in [5, 5.41) is -0.175. The van der Waals surface area contributed by atoms with Crippen molar-refractivity contribution in [3.05, 3.63) is 113 Å². The van der Waals surface area contributed by atoms with Crippen molar-refractivity contribution in [3.63, 3.8) is 0 Å². The quantitative estimate of drug-likeness (QED) is 0.0738. The van der Waals surface area contributed by atoms with Crippen LogP contribution in [0, 0.1) is 6.92 Å². The van der Waals surface area contributed by atoms with Gasteiger partial charge in [-0.15, -0.1) is 0 Å². The first-order valence-electron chi connectivity index (χ1n) is 24.5. The lowest BCUT2D eigenvalue weighted by Gasteiger charge is -2.44. The van der Waals surface area contributed by atoms with Gasteiger partial charge in [-0.2, -0.15) is 0 Å². The Morgan fingerprint density at radius 3 is 1.96 bits per heavy atom. The number of rotatable bonds is 17. The van der Waals surface area contributed by atoms with Crippen molar-refractivity contribution in [2.45, 2.75) is 149 Å². The number of carbonyl (C=O) groups excluding carboxylic acids is 4. The molecule has 4 amide bonds. The highest BCUT2D eigenvalue weighted by molar-refractivity contribution is 6.74. The zero-order valence-corrected chi connectivity index (χ0v) is 43.6. The van der Waals surface area contributed by atoms with E-state index >= 15 is 0 Å². The van der Waals surface area contributed by atoms with Crippen LogP contribution in [0.2, 0.25) is 18.1 Å². The molecule has 0 radical (unpaired) electrons. The van der Waals surface area contributed by atoms with E-state index in [0.29, 0.717) is 91.5 Å². The second kappa shape index (κ2) is 21.0. The number of ether oxygens (including phenoxy) is 4. The molecule has 14 heteroatoms. The lowest BCUT2D eigenvalue weighted by Crippen LogP contribution is -2.57. The van der Waals surface area contributed by atoms with Gasteiger partial charge in [-0.25, -0.2) is 9.69 Å². The van der Waals surface area contributed by atoms with Crippen molar-refractivity contribution >= 4 is 43.5 Å². The fourth-order valence-corrected chi connectivity index (χ4v) is 10.7. The van der Waals surface area contributed by atoms with Crippen LogP contribution in [0.5, 0.6) is 17.2 Å². The van der Waals surface area contributed by atoms with Crippen LogP contribution in [0.4, 0.5) is 16.2 Å². The van der Waals surface area contributed by atoms with E-state index in [1.807, 2.05) is 40.1 Å². The average Bonchev–Trinajstić information content (AvgIpc) is 3.87. The number of anilines is 2. The van der Waals surface area contributed by atoms with Gasteiger partial charge < -0.3 is 38.1 Å². The minimum atomic E-state index is -2.50. The maximum Gasteiger partial charge on any atom is 0.416 e. The van der Waals surface area contributed by atoms with E-state index in [4.69, 9.17) is 23.4 Å². The van der Waals surface area contributed by atoms with Crippen molar-refractivity contribution in [2.24, 2.45) is 0 Å². The maximum atomic E-state index is 14.4. The Morgan fingerprint density at radius 1 is 0.783 bits per heavy atom. The summed E-state index contributed by atoms with van der Waals surface area (Å²) in [6.07, 6.45) is 9.09. The predicted octanol–water partition coefficient (Wildman–Crippen LogP) is 11.3. The lowest BCUT2D eigenvalue weighted by molar-refractivity contribution is -0.119. The first-order valence-corrected chi connectivity index (χ1v) is 27.5. The van der Waals surface area contributed by atoms with E-state index in [0.717, 1.165) is 35.1 Å². The summed E-state index contributed by atoms with van der Waals surface area (Å²) in [7, 11) is -0.951. The zero-order valence-electron chi connectivity index (χ0n) is 42.6. The molecule has 13 nitrogen and oxygen atoms in total. The van der Waals surface area contributed by atoms with Crippen molar-refractivity contribution < 1.29 is 42.6 Å². The van der Waals surface area contributed by atoms with Crippen LogP contribution in [-0.2, 0) is 26.8 Å². The minimum Gasteiger partial charge on any atom is -0.493 e. The molecule has 3 aromatic rings. The van der Waals surface area contributed by atoms with Gasteiger partial charge in [-0.05, 0) is 120 Å². The van der Waals surface area contributed by atoms with E-state index in [1.165, 1.54) is 16.5 Å². The average molecular weight is 961 g/mol. The molecule has 0 fully saturated rings. The third-order valence-electron chi connectivity index (χ3n) is 14.4. The van der Waals surface area contributed by atoms with Crippen molar-refractivity contribution in [2.75, 3.05) is 36.7 Å². The molecule has 69 heavy (non-hydrogen) atoms. The molecule has 7 rings (SSSR count). The van der Waals surface area contributed by atoms with E-state index in [9.17, 15) is 19.2 Å². The molecule has 0 N–H and O–H groups in total. The topological polar surface area (TPSA) is 127 Å². The van der Waals surface area contributed by atoms with Crippen molar-refractivity contribution in [3.8, 4) is 17.2 Å². The Kier molecular flexibility index (Phi) is 15.5. The third-order valence-corrected chi connectivity index (χ3v) is 18.9. The number of nitrogens with zero attached hydrogens (tertiary/aromatic N) is 4. The number of aryl methyl sites for hydroxylation is 3. The molecule has 370 valence electrons. The molecule has 4 heterocycles. The summed E-state index contributed by atoms with van der Waals surface area (Å²) in [6.45, 7) is 25.3. The lowest BCUT2D eigenvalue weighted by atomic mass is 10.0. The Morgan fingerprint density at radius 2 is 1.35 bits per heavy atom. The normalized spacial score (nSPS) is 20.0. The van der Waals surface area contributed by atoms with Crippen molar-refractivity contribution in [1.29, 1.82) is 0 Å². The van der Waals surface area contributed by atoms with Gasteiger partial charge in [0.15, 0.2) is 26.0 Å². The van der Waals surface area contributed by atoms with Gasteiger partial charge in [0.05, 0.1) is 61.0 Å². The molecule has 4 aliphatic rings. The van der Waals surface area contributed by atoms with Crippen LogP contribution in [0.15, 0.2) is 84.7 Å². The number of hydrogen-bond acceptors (Lipinski definition) is 9. The first kappa shape index (κ1) is 51.0. The second-order valence-electron chi connectivity index (χ2n) is 20.5. The largest absolute Gasteiger partial charge is 0.493 e. The van der Waals surface area contributed by atoms with Gasteiger partial charge in [0.2, 0.25) is 5.91 Å². The molecule has 0 saturated carbocycles. The Labute approximate surface area is 410 Å². The van der Waals surface area contributed by atoms with Crippen LogP contribution >= 0.6 is 0 Å². The molecule has 0 saturated heterocycles. The molecule has 3 aromatic carbocycles. The minimum absolute atomic E-state index is 0.00196. The third kappa shape index (κ3) is 10.7. The molecular weight excluding hydrogens is 889 g/mol. The SMILES string of the molecule is C=CCOC(=O)N1c2cc(OCCCCCOc3cc4c(cc3OC)C(=O)N3C=C(C)C[C@H]3[C@H](C)N4C(=O)CCc3ccc(CC)cc3)c(C)cc2C(=O)N2C=C(C)C[C@H]2[C@@H]1O[Si](C)(C)C(C)(C)C. The molecule has 0 bridgehead atoms. The highest BCUT2D eigenvalue weighted by Gasteiger charge is 2.50. The summed E-state index contributed by atoms with van der Waals surface area (Å²) in [6, 6.07) is 14.6. The zero-order chi connectivity index (χ0) is 49.9. The fraction of sp³-hybridized carbons (Fsp3) is 0.491. The summed E-state index contributed by atoms with van der Waals surface area (Å²) >= 11 is 0. The molecular formula is C55H72N4O9Si. The summed E-state index contributed by atoms with van der Waals surface area (Å²) < 4.78 is 31.4. The summed E-state index contributed by atoms with van der Waals surface area (Å²) in [4.78, 5) is 63.9. The number of amides is 4. The maximum absolute atomic E-state index is 14.4. The van der Waals surface area contributed by atoms with E-state index in [1.54, 1.807) is 46.1 Å². The number of fused-ring (bicyclic) bond motifs is 4. The monoisotopic (exact) mass is 961 g/mol. The Hall–Kier alpha value is -5.86. The number of methoxy groups -OCH3 is 1. The fourth-order valence-electron chi connectivity index (χ4n) is 9.49. The first-order chi connectivity index (χ1) is 32.8. The number of benzene rings is 3. The Balaban J connectivity index is 1.05. The van der Waals surface area contributed by atoms with Gasteiger partial charge >= 0.3 is 6.09 Å². The molecule has 0 aliphatic carbocycles. The van der Waals surface area contributed by atoms with E-state index in [-0.39, 0.29) is 41.5 Å². The van der Waals surface area contributed by atoms with Crippen LogP contribution in [-0.4, -0.2) is 93.2 Å². The number of hydrogen-bond donors (Lipinski definition) is 0. The second-order valence-corrected chi connectivity index (χ2v) is 25.3. The molecule has 0 aromatic heterocycles. The van der Waals surface area contributed by atoms with Crippen LogP contribution < -0.4 is 24.0 Å². The van der Waals surface area contributed by atoms with Crippen LogP contribution in [0.25, 0.3) is 0 Å². The van der Waals surface area contributed by atoms with Gasteiger partial charge in [-0.1, -0.05) is 75.8 Å². The predicted molar refractivity (Wildman–Crippen MR) is 273 cm³/mol. The van der Waals surface area contributed by atoms with Crippen LogP contribution in [0.1, 0.15) is 124 Å². The van der Waals surface area contributed by atoms with Gasteiger partial charge in [-0.3, -0.25) is 14.4 Å². The molecule has 0 spiro atoms. The standard InChI is InChI=1S/C55H72N4O9Si/c1-13-24-67-54(63)59-45-31-47(37(5)29-41(45)51(61)57-34-36(4)28-46(57)53(59)68-69(11,12)55(7,8)9)65-25-16-15-17-26-66-49-32-44-42(30-48(49)64-10)52(62)56-33-35(3)27-43(56)38(6)58(44)50(60)23-22-40-20-18-39(14-2)19-21-40/h13,18-21,29-34,38,43,46,53H,1,14-17,22-28H2,2-12H3/t38-,43-,46-,53-/m0/s1. The number of unbranched alkanes of at least 4 members (excludes halogenated alkanes) is 2. The van der Waals surface area contributed by atoms with E-state index < -0.39 is 26.7 Å². The van der Waals surface area contributed by atoms with Crippen LogP contribution in [0.3, 0.4) is 0 Å². The Bertz CT molecular complexity index is 2510. The van der Waals surface area contributed by atoms with Crippen molar-refractivity contribution in [1.82, 2.24) is 9.80 Å². The number of carbonyl (C=O) groups is 4. The summed E-state index contributed by atoms with van der Waals surface area (Å²) in [5.41, 5.74) is 6.90. The van der Waals surface area contributed by atoms with Gasteiger partial charge in [0.1, 0.15) is 12.4 Å².